The lowest BCUT2D eigenvalue weighted by Gasteiger charge is -2.09. The molecule has 0 fully saturated rings. The molecule has 0 saturated carbocycles. The molecule has 0 atom stereocenters. The normalized spacial score (nSPS) is 10.4. The van der Waals surface area contributed by atoms with Crippen molar-refractivity contribution in [2.45, 2.75) is 19.3 Å². The highest BCUT2D eigenvalue weighted by atomic mass is 16.5. The Morgan fingerprint density at radius 1 is 1.12 bits per heavy atom. The van der Waals surface area contributed by atoms with Gasteiger partial charge in [0.15, 0.2) is 5.82 Å². The molecule has 3 aromatic rings. The molecule has 8 heteroatoms. The first-order valence-electron chi connectivity index (χ1n) is 10.3. The largest absolute Gasteiger partial charge is 0.496 e. The molecule has 8 nitrogen and oxygen atoms in total. The Morgan fingerprint density at radius 2 is 1.91 bits per heavy atom. The van der Waals surface area contributed by atoms with Crippen molar-refractivity contribution in [2.24, 2.45) is 0 Å². The van der Waals surface area contributed by atoms with E-state index in [1.165, 1.54) is 0 Å². The quantitative estimate of drug-likeness (QED) is 0.450. The summed E-state index contributed by atoms with van der Waals surface area (Å²) in [7, 11) is 1.62. The number of para-hydroxylation sites is 1. The summed E-state index contributed by atoms with van der Waals surface area (Å²) in [5.41, 5.74) is 1.60. The summed E-state index contributed by atoms with van der Waals surface area (Å²) < 4.78 is 10.7. The van der Waals surface area contributed by atoms with Gasteiger partial charge in [0, 0.05) is 24.9 Å². The molecule has 0 aliphatic rings. The zero-order chi connectivity index (χ0) is 22.8. The summed E-state index contributed by atoms with van der Waals surface area (Å²) in [5.74, 6) is 1.69. The van der Waals surface area contributed by atoms with Crippen LogP contribution in [0.3, 0.4) is 0 Å². The molecule has 0 radical (unpaired) electrons. The molecule has 0 saturated heterocycles. The zero-order valence-electron chi connectivity index (χ0n) is 18.0. The average molecular weight is 434 g/mol. The van der Waals surface area contributed by atoms with Crippen molar-refractivity contribution in [1.29, 1.82) is 0 Å². The number of benzene rings is 2. The fourth-order valence-corrected chi connectivity index (χ4v) is 3.08. The van der Waals surface area contributed by atoms with Crippen LogP contribution in [0, 0.1) is 0 Å². The third kappa shape index (κ3) is 6.28. The Balaban J connectivity index is 1.50. The van der Waals surface area contributed by atoms with Crippen LogP contribution in [0.25, 0.3) is 11.4 Å². The number of ether oxygens (including phenoxy) is 2. The Morgan fingerprint density at radius 3 is 2.62 bits per heavy atom. The number of hydrogen-bond donors (Lipinski definition) is 2. The van der Waals surface area contributed by atoms with E-state index in [9.17, 15) is 9.59 Å². The second-order valence-electron chi connectivity index (χ2n) is 6.99. The maximum absolute atomic E-state index is 12.4. The van der Waals surface area contributed by atoms with E-state index in [-0.39, 0.29) is 30.0 Å². The minimum Gasteiger partial charge on any atom is -0.496 e. The highest BCUT2D eigenvalue weighted by Gasteiger charge is 2.10. The minimum atomic E-state index is -0.358. The van der Waals surface area contributed by atoms with Gasteiger partial charge >= 0.3 is 0 Å². The van der Waals surface area contributed by atoms with E-state index in [0.29, 0.717) is 36.7 Å². The highest BCUT2D eigenvalue weighted by Crippen LogP contribution is 2.18. The van der Waals surface area contributed by atoms with Crippen LogP contribution < -0.4 is 20.3 Å². The Hall–Kier alpha value is -3.94. The molecular formula is C24H26N4O4. The van der Waals surface area contributed by atoms with Crippen LogP contribution in [0.4, 0.5) is 0 Å². The lowest BCUT2D eigenvalue weighted by atomic mass is 10.1. The van der Waals surface area contributed by atoms with Crippen LogP contribution in [-0.4, -0.2) is 41.3 Å². The number of carbonyl (C=O) groups excluding carboxylic acids is 1. The van der Waals surface area contributed by atoms with Crippen LogP contribution in [-0.2, 0) is 17.6 Å². The number of rotatable bonds is 11. The van der Waals surface area contributed by atoms with E-state index < -0.39 is 0 Å². The van der Waals surface area contributed by atoms with Crippen molar-refractivity contribution in [1.82, 2.24) is 20.5 Å². The first kappa shape index (κ1) is 22.7. The standard InChI is InChI=1S/C24H26N4O4/c1-3-16-32-19-10-8-18(9-11-19)23-26-24(30)20(27-28-23)12-13-22(29)25-15-14-17-6-4-5-7-21(17)31-2/h3-11H,1,12-16H2,2H3,(H,25,29)(H,26,28,30). The van der Waals surface area contributed by atoms with Crippen molar-refractivity contribution in [2.75, 3.05) is 20.3 Å². The topological polar surface area (TPSA) is 106 Å². The van der Waals surface area contributed by atoms with Crippen LogP contribution >= 0.6 is 0 Å². The van der Waals surface area contributed by atoms with Gasteiger partial charge in [-0.05, 0) is 42.3 Å². The van der Waals surface area contributed by atoms with Gasteiger partial charge in [0.1, 0.15) is 23.8 Å². The van der Waals surface area contributed by atoms with Gasteiger partial charge in [-0.25, -0.2) is 0 Å². The van der Waals surface area contributed by atoms with Gasteiger partial charge in [-0.3, -0.25) is 9.59 Å². The van der Waals surface area contributed by atoms with E-state index in [1.54, 1.807) is 37.5 Å². The molecule has 3 rings (SSSR count). The fraction of sp³-hybridized carbons (Fsp3) is 0.250. The first-order valence-corrected chi connectivity index (χ1v) is 10.3. The molecule has 1 amide bonds. The van der Waals surface area contributed by atoms with Crippen molar-refractivity contribution in [3.8, 4) is 22.9 Å². The highest BCUT2D eigenvalue weighted by molar-refractivity contribution is 5.76. The molecule has 0 unspecified atom stereocenters. The molecule has 0 aliphatic heterocycles. The molecule has 1 heterocycles. The summed E-state index contributed by atoms with van der Waals surface area (Å²) in [6.45, 7) is 4.50. The summed E-state index contributed by atoms with van der Waals surface area (Å²) in [5, 5.41) is 11.0. The van der Waals surface area contributed by atoms with Crippen molar-refractivity contribution < 1.29 is 14.3 Å². The lowest BCUT2D eigenvalue weighted by molar-refractivity contribution is -0.121. The van der Waals surface area contributed by atoms with Gasteiger partial charge in [-0.1, -0.05) is 30.9 Å². The Labute approximate surface area is 186 Å². The molecule has 0 spiro atoms. The smallest absolute Gasteiger partial charge is 0.273 e. The zero-order valence-corrected chi connectivity index (χ0v) is 18.0. The van der Waals surface area contributed by atoms with E-state index in [1.807, 2.05) is 24.3 Å². The SMILES string of the molecule is C=CCOc1ccc(-c2nnc(CCC(=O)NCCc3ccccc3OC)c(=O)[nH]2)cc1. The molecule has 2 N–H and O–H groups in total. The monoisotopic (exact) mass is 434 g/mol. The molecular weight excluding hydrogens is 408 g/mol. The summed E-state index contributed by atoms with van der Waals surface area (Å²) in [6.07, 6.45) is 2.67. The Kier molecular flexibility index (Phi) is 8.14. The van der Waals surface area contributed by atoms with Crippen LogP contribution in [0.1, 0.15) is 17.7 Å². The maximum Gasteiger partial charge on any atom is 0.273 e. The number of aryl methyl sites for hydroxylation is 1. The third-order valence-corrected chi connectivity index (χ3v) is 4.76. The van der Waals surface area contributed by atoms with Crippen LogP contribution in [0.15, 0.2) is 66.0 Å². The summed E-state index contributed by atoms with van der Waals surface area (Å²) in [4.78, 5) is 27.2. The molecule has 166 valence electrons. The van der Waals surface area contributed by atoms with Crippen LogP contribution in [0.5, 0.6) is 11.5 Å². The number of aromatic amines is 1. The van der Waals surface area contributed by atoms with Crippen LogP contribution in [0.2, 0.25) is 0 Å². The average Bonchev–Trinajstić information content (AvgIpc) is 2.82. The van der Waals surface area contributed by atoms with Gasteiger partial charge in [-0.2, -0.15) is 0 Å². The van der Waals surface area contributed by atoms with E-state index in [2.05, 4.69) is 27.1 Å². The van der Waals surface area contributed by atoms with E-state index >= 15 is 0 Å². The number of nitrogens with one attached hydrogen (secondary N) is 2. The Bertz CT molecular complexity index is 1110. The molecule has 1 aromatic heterocycles. The number of hydrogen-bond acceptors (Lipinski definition) is 6. The van der Waals surface area contributed by atoms with Gasteiger partial charge in [0.2, 0.25) is 5.91 Å². The summed E-state index contributed by atoms with van der Waals surface area (Å²) >= 11 is 0. The van der Waals surface area contributed by atoms with Crippen molar-refractivity contribution >= 4 is 5.91 Å². The minimum absolute atomic E-state index is 0.151. The van der Waals surface area contributed by atoms with E-state index in [4.69, 9.17) is 9.47 Å². The number of nitrogens with zero attached hydrogens (tertiary/aromatic N) is 2. The predicted octanol–water partition coefficient (Wildman–Crippen LogP) is 2.70. The maximum atomic E-state index is 12.4. The molecule has 32 heavy (non-hydrogen) atoms. The lowest BCUT2D eigenvalue weighted by Crippen LogP contribution is -2.27. The number of methoxy groups -OCH3 is 1. The fourth-order valence-electron chi connectivity index (χ4n) is 3.08. The first-order chi connectivity index (χ1) is 15.6. The second-order valence-corrected chi connectivity index (χ2v) is 6.99. The second kappa shape index (κ2) is 11.5. The van der Waals surface area contributed by atoms with E-state index in [0.717, 1.165) is 11.3 Å². The van der Waals surface area contributed by atoms with Crippen molar-refractivity contribution in [3.05, 3.63) is 82.8 Å². The number of aromatic nitrogens is 3. The van der Waals surface area contributed by atoms with Gasteiger partial charge < -0.3 is 19.8 Å². The molecule has 0 bridgehead atoms. The van der Waals surface area contributed by atoms with Gasteiger partial charge in [0.25, 0.3) is 5.56 Å². The third-order valence-electron chi connectivity index (χ3n) is 4.76. The number of amides is 1. The van der Waals surface area contributed by atoms with Crippen molar-refractivity contribution in [3.63, 3.8) is 0 Å². The number of H-pyrrole nitrogens is 1. The summed E-state index contributed by atoms with van der Waals surface area (Å²) in [6, 6.07) is 14.8. The van der Waals surface area contributed by atoms with Gasteiger partial charge in [-0.15, -0.1) is 10.2 Å². The van der Waals surface area contributed by atoms with Gasteiger partial charge in [0.05, 0.1) is 7.11 Å². The molecule has 0 aliphatic carbocycles. The number of carbonyl (C=O) groups is 1. The molecule has 2 aromatic carbocycles. The predicted molar refractivity (Wildman–Crippen MR) is 122 cm³/mol.